The van der Waals surface area contributed by atoms with Gasteiger partial charge in [0.25, 0.3) is 5.91 Å². The van der Waals surface area contributed by atoms with Gasteiger partial charge in [-0.15, -0.1) is 0 Å². The third kappa shape index (κ3) is 4.14. The number of carbonyl (C=O) groups is 2. The molecular weight excluding hydrogens is 352 g/mol. The molecule has 1 aromatic heterocycles. The molecule has 0 radical (unpaired) electrons. The van der Waals surface area contributed by atoms with Crippen molar-refractivity contribution in [3.8, 4) is 0 Å². The van der Waals surface area contributed by atoms with E-state index in [2.05, 4.69) is 10.3 Å². The van der Waals surface area contributed by atoms with E-state index in [0.29, 0.717) is 36.9 Å². The smallest absolute Gasteiger partial charge is 0.272 e. The van der Waals surface area contributed by atoms with Crippen LogP contribution in [-0.4, -0.2) is 52.8 Å². The van der Waals surface area contributed by atoms with Gasteiger partial charge in [-0.25, -0.2) is 0 Å². The molecular formula is C19H21ClN4O2. The van der Waals surface area contributed by atoms with Crippen LogP contribution in [0.15, 0.2) is 36.5 Å². The Balaban J connectivity index is 1.72. The van der Waals surface area contributed by atoms with Gasteiger partial charge in [-0.2, -0.15) is 0 Å². The molecule has 0 bridgehead atoms. The summed E-state index contributed by atoms with van der Waals surface area (Å²) in [7, 11) is 0. The minimum absolute atomic E-state index is 0.0401. The second-order valence-electron chi connectivity index (χ2n) is 6.31. The first-order chi connectivity index (χ1) is 12.4. The molecule has 2 heterocycles. The van der Waals surface area contributed by atoms with Crippen LogP contribution in [0.5, 0.6) is 0 Å². The van der Waals surface area contributed by atoms with Crippen LogP contribution in [0.2, 0.25) is 5.02 Å². The number of aromatic nitrogens is 1. The Morgan fingerprint density at radius 2 is 1.77 bits per heavy atom. The molecule has 2 amide bonds. The van der Waals surface area contributed by atoms with E-state index in [9.17, 15) is 9.59 Å². The zero-order valence-electron chi connectivity index (χ0n) is 14.8. The van der Waals surface area contributed by atoms with Crippen LogP contribution in [0.3, 0.4) is 0 Å². The first-order valence-electron chi connectivity index (χ1n) is 8.48. The molecule has 26 heavy (non-hydrogen) atoms. The van der Waals surface area contributed by atoms with Gasteiger partial charge in [-0.05, 0) is 36.8 Å². The Morgan fingerprint density at radius 3 is 2.46 bits per heavy atom. The molecule has 0 aliphatic carbocycles. The topological polar surface area (TPSA) is 65.5 Å². The highest BCUT2D eigenvalue weighted by molar-refractivity contribution is 6.30. The van der Waals surface area contributed by atoms with Crippen LogP contribution >= 0.6 is 11.6 Å². The molecule has 1 saturated heterocycles. The number of nitrogens with one attached hydrogen (secondary N) is 1. The summed E-state index contributed by atoms with van der Waals surface area (Å²) >= 11 is 6.06. The van der Waals surface area contributed by atoms with E-state index in [-0.39, 0.29) is 11.8 Å². The Bertz CT molecular complexity index is 832. The molecule has 1 fully saturated rings. The van der Waals surface area contributed by atoms with Crippen molar-refractivity contribution in [2.45, 2.75) is 13.8 Å². The maximum atomic E-state index is 12.7. The SMILES string of the molecule is CC(=O)N1CCN(C(=O)c2cc(Nc3cc(Cl)ccc3C)ccn2)CC1. The zero-order valence-corrected chi connectivity index (χ0v) is 15.6. The van der Waals surface area contributed by atoms with Crippen LogP contribution in [0.25, 0.3) is 0 Å². The quantitative estimate of drug-likeness (QED) is 0.899. The van der Waals surface area contributed by atoms with Crippen molar-refractivity contribution in [1.82, 2.24) is 14.8 Å². The fourth-order valence-corrected chi connectivity index (χ4v) is 3.07. The Hall–Kier alpha value is -2.60. The number of rotatable bonds is 3. The van der Waals surface area contributed by atoms with E-state index in [1.165, 1.54) is 0 Å². The average Bonchev–Trinajstić information content (AvgIpc) is 2.64. The van der Waals surface area contributed by atoms with Crippen LogP contribution in [0.1, 0.15) is 23.0 Å². The summed E-state index contributed by atoms with van der Waals surface area (Å²) in [6.07, 6.45) is 1.61. The summed E-state index contributed by atoms with van der Waals surface area (Å²) in [6, 6.07) is 9.17. The highest BCUT2D eigenvalue weighted by Crippen LogP contribution is 2.24. The molecule has 0 atom stereocenters. The molecule has 1 N–H and O–H groups in total. The van der Waals surface area contributed by atoms with E-state index in [0.717, 1.165) is 16.9 Å². The van der Waals surface area contributed by atoms with Gasteiger partial charge >= 0.3 is 0 Å². The van der Waals surface area contributed by atoms with Crippen molar-refractivity contribution in [3.63, 3.8) is 0 Å². The second kappa shape index (κ2) is 7.74. The van der Waals surface area contributed by atoms with Crippen LogP contribution in [0, 0.1) is 6.92 Å². The number of piperazine rings is 1. The number of aryl methyl sites for hydroxylation is 1. The lowest BCUT2D eigenvalue weighted by Crippen LogP contribution is -2.50. The average molecular weight is 373 g/mol. The normalized spacial score (nSPS) is 14.3. The fraction of sp³-hybridized carbons (Fsp3) is 0.316. The van der Waals surface area contributed by atoms with E-state index >= 15 is 0 Å². The molecule has 6 nitrogen and oxygen atoms in total. The molecule has 0 unspecified atom stereocenters. The van der Waals surface area contributed by atoms with Crippen LogP contribution in [0.4, 0.5) is 11.4 Å². The number of carbonyl (C=O) groups excluding carboxylic acids is 2. The Kier molecular flexibility index (Phi) is 5.42. The zero-order chi connectivity index (χ0) is 18.7. The predicted molar refractivity (Wildman–Crippen MR) is 102 cm³/mol. The lowest BCUT2D eigenvalue weighted by atomic mass is 10.2. The van der Waals surface area contributed by atoms with Crippen LogP contribution < -0.4 is 5.32 Å². The van der Waals surface area contributed by atoms with Gasteiger partial charge in [-0.1, -0.05) is 17.7 Å². The molecule has 3 rings (SSSR count). The summed E-state index contributed by atoms with van der Waals surface area (Å²) in [4.78, 5) is 31.8. The monoisotopic (exact) mass is 372 g/mol. The van der Waals surface area contributed by atoms with Gasteiger partial charge in [0.1, 0.15) is 5.69 Å². The third-order valence-electron chi connectivity index (χ3n) is 4.47. The van der Waals surface area contributed by atoms with E-state index in [4.69, 9.17) is 11.6 Å². The molecule has 0 spiro atoms. The summed E-state index contributed by atoms with van der Waals surface area (Å²) in [5.41, 5.74) is 3.10. The van der Waals surface area contributed by atoms with Gasteiger partial charge in [0.2, 0.25) is 5.91 Å². The van der Waals surface area contributed by atoms with E-state index < -0.39 is 0 Å². The van der Waals surface area contributed by atoms with Gasteiger partial charge in [0.15, 0.2) is 0 Å². The van der Waals surface area contributed by atoms with Crippen molar-refractivity contribution in [2.75, 3.05) is 31.5 Å². The number of anilines is 2. The summed E-state index contributed by atoms with van der Waals surface area (Å²) < 4.78 is 0. The van der Waals surface area contributed by atoms with Gasteiger partial charge < -0.3 is 15.1 Å². The third-order valence-corrected chi connectivity index (χ3v) is 4.70. The van der Waals surface area contributed by atoms with Crippen molar-refractivity contribution in [1.29, 1.82) is 0 Å². The van der Waals surface area contributed by atoms with Crippen molar-refractivity contribution in [2.24, 2.45) is 0 Å². The van der Waals surface area contributed by atoms with Gasteiger partial charge in [-0.3, -0.25) is 14.6 Å². The summed E-state index contributed by atoms with van der Waals surface area (Å²) in [5, 5.41) is 3.93. The van der Waals surface area contributed by atoms with Gasteiger partial charge in [0.05, 0.1) is 0 Å². The lowest BCUT2D eigenvalue weighted by Gasteiger charge is -2.34. The minimum Gasteiger partial charge on any atom is -0.355 e. The molecule has 2 aromatic rings. The predicted octanol–water partition coefficient (Wildman–Crippen LogP) is 3.09. The van der Waals surface area contributed by atoms with Crippen molar-refractivity contribution < 1.29 is 9.59 Å². The molecule has 7 heteroatoms. The maximum Gasteiger partial charge on any atom is 0.272 e. The van der Waals surface area contributed by atoms with Crippen molar-refractivity contribution in [3.05, 3.63) is 52.8 Å². The van der Waals surface area contributed by atoms with Crippen LogP contribution in [-0.2, 0) is 4.79 Å². The Morgan fingerprint density at radius 1 is 1.08 bits per heavy atom. The molecule has 1 aliphatic heterocycles. The number of hydrogen-bond donors (Lipinski definition) is 1. The number of pyridine rings is 1. The van der Waals surface area contributed by atoms with E-state index in [1.54, 1.807) is 29.0 Å². The summed E-state index contributed by atoms with van der Waals surface area (Å²) in [5.74, 6) is -0.0852. The summed E-state index contributed by atoms with van der Waals surface area (Å²) in [6.45, 7) is 5.68. The Labute approximate surface area is 157 Å². The standard InChI is InChI=1S/C19H21ClN4O2/c1-13-3-4-15(20)11-17(13)22-16-5-6-21-18(12-16)19(26)24-9-7-23(8-10-24)14(2)25/h3-6,11-12H,7-10H2,1-2H3,(H,21,22). The first kappa shape index (κ1) is 18.2. The van der Waals surface area contributed by atoms with Crippen molar-refractivity contribution >= 4 is 34.8 Å². The number of amides is 2. The first-order valence-corrected chi connectivity index (χ1v) is 8.86. The van der Waals surface area contributed by atoms with Gasteiger partial charge in [0, 0.05) is 55.7 Å². The highest BCUT2D eigenvalue weighted by Gasteiger charge is 2.24. The molecule has 1 aliphatic rings. The fourth-order valence-electron chi connectivity index (χ4n) is 2.90. The van der Waals surface area contributed by atoms with E-state index in [1.807, 2.05) is 31.2 Å². The molecule has 0 saturated carbocycles. The largest absolute Gasteiger partial charge is 0.355 e. The highest BCUT2D eigenvalue weighted by atomic mass is 35.5. The number of hydrogen-bond acceptors (Lipinski definition) is 4. The molecule has 1 aromatic carbocycles. The number of nitrogens with zero attached hydrogens (tertiary/aromatic N) is 3. The lowest BCUT2D eigenvalue weighted by molar-refractivity contribution is -0.130. The number of halogens is 1. The number of benzene rings is 1. The maximum absolute atomic E-state index is 12.7. The molecule has 136 valence electrons. The minimum atomic E-state index is -0.125. The second-order valence-corrected chi connectivity index (χ2v) is 6.75.